The van der Waals surface area contributed by atoms with Crippen LogP contribution in [0.2, 0.25) is 0 Å². The van der Waals surface area contributed by atoms with Crippen molar-refractivity contribution in [1.82, 2.24) is 15.5 Å². The number of nitrogens with zero attached hydrogens (tertiary/aromatic N) is 1. The number of carbonyl (C=O) groups excluding carboxylic acids is 2. The molecular formula is C15H23N3O3. The highest BCUT2D eigenvalue weighted by molar-refractivity contribution is 5.93. The molecule has 1 aliphatic carbocycles. The first-order valence-electron chi connectivity index (χ1n) is 7.48. The van der Waals surface area contributed by atoms with Crippen LogP contribution in [0.5, 0.6) is 0 Å². The summed E-state index contributed by atoms with van der Waals surface area (Å²) in [7, 11) is 0. The van der Waals surface area contributed by atoms with Crippen molar-refractivity contribution in [2.45, 2.75) is 32.9 Å². The first-order chi connectivity index (χ1) is 10.1. The molecule has 1 unspecified atom stereocenters. The molecule has 0 aromatic rings. The highest BCUT2D eigenvalue weighted by Crippen LogP contribution is 2.24. The Balaban J connectivity index is 1.66. The Morgan fingerprint density at radius 1 is 1.43 bits per heavy atom. The van der Waals surface area contributed by atoms with Crippen molar-refractivity contribution in [3.05, 3.63) is 23.6 Å². The number of hydrogen-bond donors (Lipinski definition) is 2. The molecule has 6 heteroatoms. The number of ether oxygens (including phenoxy) is 1. The monoisotopic (exact) mass is 293 g/mol. The van der Waals surface area contributed by atoms with Gasteiger partial charge in [0.25, 0.3) is 0 Å². The van der Waals surface area contributed by atoms with E-state index in [4.69, 9.17) is 4.74 Å². The Morgan fingerprint density at radius 2 is 2.19 bits per heavy atom. The Morgan fingerprint density at radius 3 is 2.90 bits per heavy atom. The number of rotatable bonds is 7. The van der Waals surface area contributed by atoms with Crippen molar-refractivity contribution in [2.24, 2.45) is 0 Å². The van der Waals surface area contributed by atoms with Gasteiger partial charge in [0, 0.05) is 13.0 Å². The van der Waals surface area contributed by atoms with E-state index in [1.807, 2.05) is 13.8 Å². The lowest BCUT2D eigenvalue weighted by Crippen LogP contribution is -2.39. The molecule has 0 fully saturated rings. The molecule has 0 spiro atoms. The van der Waals surface area contributed by atoms with Crippen LogP contribution in [-0.4, -0.2) is 49.0 Å². The van der Waals surface area contributed by atoms with E-state index in [0.717, 1.165) is 18.8 Å². The number of allylic oxidation sites excluding steroid dienone is 3. The van der Waals surface area contributed by atoms with E-state index in [1.165, 1.54) is 0 Å². The lowest BCUT2D eigenvalue weighted by atomic mass is 10.1. The molecular weight excluding hydrogens is 270 g/mol. The zero-order valence-corrected chi connectivity index (χ0v) is 12.6. The molecule has 21 heavy (non-hydrogen) atoms. The number of ketones is 1. The van der Waals surface area contributed by atoms with E-state index >= 15 is 0 Å². The van der Waals surface area contributed by atoms with Gasteiger partial charge >= 0.3 is 0 Å². The molecule has 6 nitrogen and oxygen atoms in total. The van der Waals surface area contributed by atoms with Gasteiger partial charge in [0.05, 0.1) is 18.7 Å². The minimum atomic E-state index is -0.167. The molecule has 0 saturated carbocycles. The van der Waals surface area contributed by atoms with E-state index in [1.54, 1.807) is 12.2 Å². The molecule has 1 amide bonds. The molecule has 1 aliphatic heterocycles. The molecule has 116 valence electrons. The molecule has 2 aliphatic rings. The molecule has 0 aromatic carbocycles. The Labute approximate surface area is 125 Å². The van der Waals surface area contributed by atoms with Crippen molar-refractivity contribution < 1.29 is 14.3 Å². The second-order valence-corrected chi connectivity index (χ2v) is 5.16. The molecule has 2 rings (SSSR count). The summed E-state index contributed by atoms with van der Waals surface area (Å²) in [6.07, 6.45) is 4.13. The summed E-state index contributed by atoms with van der Waals surface area (Å²) >= 11 is 0. The fourth-order valence-corrected chi connectivity index (χ4v) is 2.37. The van der Waals surface area contributed by atoms with Crippen LogP contribution in [0.4, 0.5) is 0 Å². The maximum Gasteiger partial charge on any atom is 0.234 e. The van der Waals surface area contributed by atoms with Crippen LogP contribution in [0.25, 0.3) is 0 Å². The third kappa shape index (κ3) is 4.32. The van der Waals surface area contributed by atoms with Crippen LogP contribution in [-0.2, 0) is 14.3 Å². The average Bonchev–Trinajstić information content (AvgIpc) is 2.86. The van der Waals surface area contributed by atoms with E-state index in [-0.39, 0.29) is 17.9 Å². The van der Waals surface area contributed by atoms with E-state index < -0.39 is 0 Å². The second kappa shape index (κ2) is 7.26. The molecule has 1 atom stereocenters. The minimum Gasteiger partial charge on any atom is -0.472 e. The summed E-state index contributed by atoms with van der Waals surface area (Å²) in [4.78, 5) is 25.1. The van der Waals surface area contributed by atoms with Crippen molar-refractivity contribution in [3.63, 3.8) is 0 Å². The number of likely N-dealkylation sites (N-methyl/N-ethyl adjacent to an activating group) is 1. The number of nitrogens with one attached hydrogen (secondary N) is 2. The lowest BCUT2D eigenvalue weighted by molar-refractivity contribution is -0.122. The third-order valence-electron chi connectivity index (χ3n) is 3.66. The van der Waals surface area contributed by atoms with Crippen molar-refractivity contribution in [2.75, 3.05) is 26.2 Å². The predicted octanol–water partition coefficient (Wildman–Crippen LogP) is 0.521. The van der Waals surface area contributed by atoms with E-state index in [0.29, 0.717) is 31.7 Å². The van der Waals surface area contributed by atoms with Crippen LogP contribution in [0.15, 0.2) is 23.6 Å². The van der Waals surface area contributed by atoms with Gasteiger partial charge in [-0.1, -0.05) is 13.8 Å². The van der Waals surface area contributed by atoms with Gasteiger partial charge in [0.2, 0.25) is 5.91 Å². The highest BCUT2D eigenvalue weighted by atomic mass is 16.5. The van der Waals surface area contributed by atoms with Crippen molar-refractivity contribution in [1.29, 1.82) is 0 Å². The van der Waals surface area contributed by atoms with Gasteiger partial charge in [-0.15, -0.1) is 0 Å². The largest absolute Gasteiger partial charge is 0.472 e. The highest BCUT2D eigenvalue weighted by Gasteiger charge is 2.26. The molecule has 0 radical (unpaired) electrons. The number of amides is 1. The van der Waals surface area contributed by atoms with Crippen LogP contribution < -0.4 is 10.6 Å². The van der Waals surface area contributed by atoms with E-state index in [9.17, 15) is 9.59 Å². The molecule has 1 heterocycles. The average molecular weight is 293 g/mol. The second-order valence-electron chi connectivity index (χ2n) is 5.16. The summed E-state index contributed by atoms with van der Waals surface area (Å²) in [6.45, 7) is 6.80. The van der Waals surface area contributed by atoms with Crippen LogP contribution >= 0.6 is 0 Å². The number of hydrogen-bond acceptors (Lipinski definition) is 5. The third-order valence-corrected chi connectivity index (χ3v) is 3.66. The van der Waals surface area contributed by atoms with Crippen LogP contribution in [0.1, 0.15) is 26.7 Å². The summed E-state index contributed by atoms with van der Waals surface area (Å²) < 4.78 is 5.68. The standard InChI is InChI=1S/C15H23N3O3/c1-3-18(4-2)10-14(20)16-8-7-15-17-12-6-5-11(19)9-13(12)21-15/h5-6,15,17H,3-4,7-10H2,1-2H3,(H,16,20). The van der Waals surface area contributed by atoms with Gasteiger partial charge in [0.15, 0.2) is 12.0 Å². The van der Waals surface area contributed by atoms with Crippen molar-refractivity contribution in [3.8, 4) is 0 Å². The zero-order chi connectivity index (χ0) is 15.2. The zero-order valence-electron chi connectivity index (χ0n) is 12.6. The van der Waals surface area contributed by atoms with Gasteiger partial charge in [-0.2, -0.15) is 0 Å². The normalized spacial score (nSPS) is 20.3. The molecule has 0 aromatic heterocycles. The topological polar surface area (TPSA) is 70.7 Å². The predicted molar refractivity (Wildman–Crippen MR) is 79.2 cm³/mol. The Kier molecular flexibility index (Phi) is 5.38. The fourth-order valence-electron chi connectivity index (χ4n) is 2.37. The fraction of sp³-hybridized carbons (Fsp3) is 0.600. The molecule has 2 N–H and O–H groups in total. The van der Waals surface area contributed by atoms with Crippen molar-refractivity contribution >= 4 is 11.7 Å². The SMILES string of the molecule is CCN(CC)CC(=O)NCCC1NC2=C(CC(=O)C=C2)O1. The van der Waals surface area contributed by atoms with Gasteiger partial charge in [-0.25, -0.2) is 0 Å². The Hall–Kier alpha value is -1.82. The van der Waals surface area contributed by atoms with E-state index in [2.05, 4.69) is 15.5 Å². The Bertz CT molecular complexity index is 467. The quantitative estimate of drug-likeness (QED) is 0.716. The summed E-state index contributed by atoms with van der Waals surface area (Å²) in [5.74, 6) is 0.801. The van der Waals surface area contributed by atoms with Crippen LogP contribution in [0.3, 0.4) is 0 Å². The smallest absolute Gasteiger partial charge is 0.234 e. The van der Waals surface area contributed by atoms with Crippen LogP contribution in [0, 0.1) is 0 Å². The minimum absolute atomic E-state index is 0.0319. The first-order valence-corrected chi connectivity index (χ1v) is 7.48. The molecule has 0 bridgehead atoms. The van der Waals surface area contributed by atoms with Gasteiger partial charge in [0.1, 0.15) is 5.76 Å². The first kappa shape index (κ1) is 15.6. The van der Waals surface area contributed by atoms with Gasteiger partial charge in [-0.05, 0) is 25.2 Å². The van der Waals surface area contributed by atoms with Gasteiger partial charge < -0.3 is 15.4 Å². The maximum atomic E-state index is 11.8. The number of carbonyl (C=O) groups is 2. The maximum absolute atomic E-state index is 11.8. The lowest BCUT2D eigenvalue weighted by Gasteiger charge is -2.18. The van der Waals surface area contributed by atoms with Gasteiger partial charge in [-0.3, -0.25) is 14.5 Å². The summed E-state index contributed by atoms with van der Waals surface area (Å²) in [5.41, 5.74) is 0.883. The summed E-state index contributed by atoms with van der Waals surface area (Å²) in [6, 6.07) is 0. The molecule has 0 saturated heterocycles. The summed E-state index contributed by atoms with van der Waals surface area (Å²) in [5, 5.41) is 6.10.